The van der Waals surface area contributed by atoms with Gasteiger partial charge < -0.3 is 4.57 Å². The summed E-state index contributed by atoms with van der Waals surface area (Å²) in [5.41, 5.74) is 0. The topological polar surface area (TPSA) is 63.9 Å². The van der Waals surface area contributed by atoms with Crippen LogP contribution in [0.3, 0.4) is 0 Å². The zero-order valence-electron chi connectivity index (χ0n) is 13.4. The molecule has 8 heteroatoms. The minimum atomic E-state index is -0.219. The number of anilines is 1. The number of aryl methyl sites for hydroxylation is 1. The lowest BCUT2D eigenvalue weighted by Crippen LogP contribution is -2.45. The fourth-order valence-corrected chi connectivity index (χ4v) is 4.44. The van der Waals surface area contributed by atoms with Gasteiger partial charge in [-0.2, -0.15) is 0 Å². The van der Waals surface area contributed by atoms with E-state index in [4.69, 9.17) is 0 Å². The van der Waals surface area contributed by atoms with Crippen LogP contribution in [0.1, 0.15) is 39.0 Å². The van der Waals surface area contributed by atoms with Gasteiger partial charge in [0.15, 0.2) is 10.3 Å². The molecule has 1 unspecified atom stereocenters. The largest absolute Gasteiger partial charge is 0.312 e. The molecule has 0 aliphatic heterocycles. The molecule has 1 amide bonds. The van der Waals surface area contributed by atoms with Crippen molar-refractivity contribution in [2.45, 2.75) is 55.5 Å². The molecular weight excluding hydrogens is 330 g/mol. The van der Waals surface area contributed by atoms with Crippen LogP contribution < -0.4 is 4.90 Å². The van der Waals surface area contributed by atoms with E-state index in [9.17, 15) is 4.79 Å². The summed E-state index contributed by atoms with van der Waals surface area (Å²) in [6, 6.07) is 0.268. The Morgan fingerprint density at radius 1 is 1.43 bits per heavy atom. The second-order valence-corrected chi connectivity index (χ2v) is 7.98. The molecular formula is C15H21N5OS2. The number of carbonyl (C=O) groups excluding carboxylic acids is 1. The van der Waals surface area contributed by atoms with Crippen LogP contribution in [0, 0.1) is 0 Å². The smallest absolute Gasteiger partial charge is 0.242 e. The van der Waals surface area contributed by atoms with Crippen LogP contribution in [0.25, 0.3) is 0 Å². The summed E-state index contributed by atoms with van der Waals surface area (Å²) in [7, 11) is 1.89. The molecule has 0 radical (unpaired) electrons. The minimum Gasteiger partial charge on any atom is -0.312 e. The molecule has 0 N–H and O–H groups in total. The summed E-state index contributed by atoms with van der Waals surface area (Å²) in [5.74, 6) is 0.111. The number of rotatable bonds is 5. The van der Waals surface area contributed by atoms with Gasteiger partial charge in [0.1, 0.15) is 6.33 Å². The summed E-state index contributed by atoms with van der Waals surface area (Å²) in [5, 5.41) is 11.2. The standard InChI is InChI=1S/C15H21N5OS2/c1-11(23-15-18-17-10-19(15)2)13(21)20(14-16-8-9-22-14)12-6-4-3-5-7-12/h8-12H,3-7H2,1-2H3. The van der Waals surface area contributed by atoms with Crippen LogP contribution in [0.2, 0.25) is 0 Å². The van der Waals surface area contributed by atoms with E-state index in [-0.39, 0.29) is 17.2 Å². The normalized spacial score (nSPS) is 17.1. The van der Waals surface area contributed by atoms with Crippen molar-refractivity contribution in [3.8, 4) is 0 Å². The molecule has 23 heavy (non-hydrogen) atoms. The van der Waals surface area contributed by atoms with E-state index < -0.39 is 0 Å². The summed E-state index contributed by atoms with van der Waals surface area (Å²) in [6.07, 6.45) is 9.18. The predicted molar refractivity (Wildman–Crippen MR) is 92.8 cm³/mol. The Kier molecular flexibility index (Phi) is 5.32. The maximum atomic E-state index is 13.1. The number of aromatic nitrogens is 4. The number of hydrogen-bond acceptors (Lipinski definition) is 6. The molecule has 2 heterocycles. The van der Waals surface area contributed by atoms with Gasteiger partial charge in [-0.1, -0.05) is 31.0 Å². The Bertz CT molecular complexity index is 636. The van der Waals surface area contributed by atoms with Crippen molar-refractivity contribution in [2.75, 3.05) is 4.90 Å². The fourth-order valence-electron chi connectivity index (χ4n) is 2.89. The van der Waals surface area contributed by atoms with Crippen molar-refractivity contribution in [3.05, 3.63) is 17.9 Å². The summed E-state index contributed by atoms with van der Waals surface area (Å²) in [6.45, 7) is 1.94. The van der Waals surface area contributed by atoms with Crippen LogP contribution in [-0.2, 0) is 11.8 Å². The number of thiazole rings is 1. The predicted octanol–water partition coefficient (Wildman–Crippen LogP) is 3.12. The monoisotopic (exact) mass is 351 g/mol. The second kappa shape index (κ2) is 7.44. The first-order valence-electron chi connectivity index (χ1n) is 7.90. The number of amides is 1. The van der Waals surface area contributed by atoms with E-state index in [2.05, 4.69) is 15.2 Å². The molecule has 1 saturated carbocycles. The third-order valence-electron chi connectivity index (χ3n) is 4.10. The van der Waals surface area contributed by atoms with Crippen molar-refractivity contribution >= 4 is 34.1 Å². The first-order valence-corrected chi connectivity index (χ1v) is 9.66. The Hall–Kier alpha value is -1.41. The van der Waals surface area contributed by atoms with Crippen molar-refractivity contribution in [3.63, 3.8) is 0 Å². The van der Waals surface area contributed by atoms with Crippen LogP contribution in [0.15, 0.2) is 23.1 Å². The molecule has 0 spiro atoms. The Labute approximate surface area is 144 Å². The van der Waals surface area contributed by atoms with E-state index >= 15 is 0 Å². The number of carbonyl (C=O) groups is 1. The molecule has 0 saturated heterocycles. The molecule has 1 atom stereocenters. The van der Waals surface area contributed by atoms with Crippen molar-refractivity contribution in [1.29, 1.82) is 0 Å². The van der Waals surface area contributed by atoms with E-state index in [1.54, 1.807) is 12.5 Å². The lowest BCUT2D eigenvalue weighted by molar-refractivity contribution is -0.118. The molecule has 0 aromatic carbocycles. The summed E-state index contributed by atoms with van der Waals surface area (Å²) in [4.78, 5) is 19.4. The summed E-state index contributed by atoms with van der Waals surface area (Å²) < 4.78 is 1.84. The lowest BCUT2D eigenvalue weighted by atomic mass is 9.94. The number of nitrogens with zero attached hydrogens (tertiary/aromatic N) is 5. The van der Waals surface area contributed by atoms with Gasteiger partial charge in [-0.05, 0) is 19.8 Å². The van der Waals surface area contributed by atoms with Gasteiger partial charge in [0.2, 0.25) is 5.91 Å². The first kappa shape index (κ1) is 16.4. The molecule has 6 nitrogen and oxygen atoms in total. The molecule has 124 valence electrons. The molecule has 1 fully saturated rings. The Morgan fingerprint density at radius 2 is 2.22 bits per heavy atom. The van der Waals surface area contributed by atoms with Crippen LogP contribution in [-0.4, -0.2) is 36.9 Å². The zero-order valence-corrected chi connectivity index (χ0v) is 15.0. The molecule has 1 aliphatic rings. The average Bonchev–Trinajstić information content (AvgIpc) is 3.21. The highest BCUT2D eigenvalue weighted by Crippen LogP contribution is 2.32. The second-order valence-electron chi connectivity index (χ2n) is 5.80. The molecule has 3 rings (SSSR count). The van der Waals surface area contributed by atoms with E-state index in [1.807, 2.05) is 28.8 Å². The van der Waals surface area contributed by atoms with Crippen LogP contribution >= 0.6 is 23.1 Å². The highest BCUT2D eigenvalue weighted by molar-refractivity contribution is 8.00. The third-order valence-corrected chi connectivity index (χ3v) is 6.01. The van der Waals surface area contributed by atoms with Gasteiger partial charge >= 0.3 is 0 Å². The highest BCUT2D eigenvalue weighted by atomic mass is 32.2. The van der Waals surface area contributed by atoms with Crippen LogP contribution in [0.4, 0.5) is 5.13 Å². The van der Waals surface area contributed by atoms with E-state index in [0.717, 1.165) is 23.1 Å². The van der Waals surface area contributed by atoms with Crippen molar-refractivity contribution in [2.24, 2.45) is 7.05 Å². The van der Waals surface area contributed by atoms with Crippen molar-refractivity contribution in [1.82, 2.24) is 19.7 Å². The molecule has 0 bridgehead atoms. The van der Waals surface area contributed by atoms with Gasteiger partial charge in [0.25, 0.3) is 0 Å². The van der Waals surface area contributed by atoms with Gasteiger partial charge in [-0.15, -0.1) is 21.5 Å². The molecule has 1 aliphatic carbocycles. The van der Waals surface area contributed by atoms with Gasteiger partial charge in [0, 0.05) is 24.7 Å². The zero-order chi connectivity index (χ0) is 16.2. The quantitative estimate of drug-likeness (QED) is 0.775. The maximum Gasteiger partial charge on any atom is 0.242 e. The van der Waals surface area contributed by atoms with E-state index in [0.29, 0.717) is 0 Å². The SMILES string of the molecule is CC(Sc1nncn1C)C(=O)N(c1nccs1)C1CCCCC1. The lowest BCUT2D eigenvalue weighted by Gasteiger charge is -2.33. The highest BCUT2D eigenvalue weighted by Gasteiger charge is 2.32. The summed E-state index contributed by atoms with van der Waals surface area (Å²) >= 11 is 2.98. The Morgan fingerprint density at radius 3 is 2.83 bits per heavy atom. The van der Waals surface area contributed by atoms with Crippen molar-refractivity contribution < 1.29 is 4.79 Å². The van der Waals surface area contributed by atoms with Gasteiger partial charge in [-0.25, -0.2) is 4.98 Å². The molecule has 2 aromatic heterocycles. The Balaban J connectivity index is 1.78. The third kappa shape index (κ3) is 3.74. The van der Waals surface area contributed by atoms with Gasteiger partial charge in [0.05, 0.1) is 5.25 Å². The van der Waals surface area contributed by atoms with E-state index in [1.165, 1.54) is 42.4 Å². The number of hydrogen-bond donors (Lipinski definition) is 0. The fraction of sp³-hybridized carbons (Fsp3) is 0.600. The average molecular weight is 352 g/mol. The maximum absolute atomic E-state index is 13.1. The van der Waals surface area contributed by atoms with Crippen LogP contribution in [0.5, 0.6) is 0 Å². The minimum absolute atomic E-state index is 0.111. The first-order chi connectivity index (χ1) is 11.2. The van der Waals surface area contributed by atoms with Gasteiger partial charge in [-0.3, -0.25) is 9.69 Å². The number of thioether (sulfide) groups is 1. The molecule has 2 aromatic rings.